The molecule has 2 aliphatic rings. The predicted octanol–water partition coefficient (Wildman–Crippen LogP) is 3.85. The minimum absolute atomic E-state index is 0.0984. The number of aromatic nitrogens is 2. The third-order valence-electron chi connectivity index (χ3n) is 7.00. The Morgan fingerprint density at radius 2 is 1.93 bits per heavy atom. The standard InChI is InChI=1S/C29H25F2N5O5S/c30-29(31)40-20-11-21(28(39)33-12-17-9-19-13-32-7-8-35(19)15-17)36(16-20)26(37)14-34-27(38)18-5-6-25-23(10-18)41-22-3-1-2-4-24(22)42-25/h1-10,13,15,20-21,29H,11-12,14,16H2,(H,33,39)(H,34,38)/t20-,21+/m1/s1. The highest BCUT2D eigenvalue weighted by Gasteiger charge is 2.41. The molecule has 0 unspecified atom stereocenters. The number of alkyl halides is 2. The number of fused-ring (bicyclic) bond motifs is 3. The molecule has 6 rings (SSSR count). The molecule has 0 radical (unpaired) electrons. The molecule has 2 atom stereocenters. The second-order valence-electron chi connectivity index (χ2n) is 9.79. The van der Waals surface area contributed by atoms with Crippen LogP contribution in [0.1, 0.15) is 22.3 Å². The fourth-order valence-corrected chi connectivity index (χ4v) is 5.95. The van der Waals surface area contributed by atoms with E-state index < -0.39 is 43.0 Å². The lowest BCUT2D eigenvalue weighted by atomic mass is 10.1. The van der Waals surface area contributed by atoms with Gasteiger partial charge in [-0.05, 0) is 42.0 Å². The van der Waals surface area contributed by atoms with Crippen molar-refractivity contribution in [2.75, 3.05) is 13.1 Å². The Morgan fingerprint density at radius 3 is 2.76 bits per heavy atom. The van der Waals surface area contributed by atoms with Crippen molar-refractivity contribution in [3.8, 4) is 11.5 Å². The van der Waals surface area contributed by atoms with Gasteiger partial charge < -0.3 is 29.4 Å². The van der Waals surface area contributed by atoms with Gasteiger partial charge >= 0.3 is 6.61 Å². The predicted molar refractivity (Wildman–Crippen MR) is 147 cm³/mol. The van der Waals surface area contributed by atoms with Gasteiger partial charge in [0.1, 0.15) is 17.5 Å². The number of benzene rings is 2. The van der Waals surface area contributed by atoms with Gasteiger partial charge in [0.05, 0.1) is 34.2 Å². The molecule has 1 saturated heterocycles. The summed E-state index contributed by atoms with van der Waals surface area (Å²) in [5.74, 6) is -0.414. The number of para-hydroxylation sites is 1. The van der Waals surface area contributed by atoms with Crippen molar-refractivity contribution >= 4 is 35.0 Å². The highest BCUT2D eigenvalue weighted by molar-refractivity contribution is 7.99. The third-order valence-corrected chi connectivity index (χ3v) is 8.11. The van der Waals surface area contributed by atoms with Crippen molar-refractivity contribution in [3.63, 3.8) is 0 Å². The molecule has 0 saturated carbocycles. The maximum Gasteiger partial charge on any atom is 0.345 e. The SMILES string of the molecule is O=C(NCC(=O)N1C[C@H](OC(F)F)C[C@H]1C(=O)NCc1cc2cnccn2c1)c1ccc2c(c1)Oc1ccccc1S2. The zero-order chi connectivity index (χ0) is 29.2. The highest BCUT2D eigenvalue weighted by atomic mass is 32.2. The van der Waals surface area contributed by atoms with E-state index in [0.717, 1.165) is 20.9 Å². The number of halogens is 2. The maximum absolute atomic E-state index is 13.1. The van der Waals surface area contributed by atoms with Crippen LogP contribution in [-0.2, 0) is 20.9 Å². The van der Waals surface area contributed by atoms with Crippen LogP contribution in [0.4, 0.5) is 8.78 Å². The summed E-state index contributed by atoms with van der Waals surface area (Å²) < 4.78 is 38.3. The van der Waals surface area contributed by atoms with Gasteiger partial charge in [-0.25, -0.2) is 0 Å². The number of nitrogens with one attached hydrogen (secondary N) is 2. The first kappa shape index (κ1) is 27.7. The van der Waals surface area contributed by atoms with E-state index in [4.69, 9.17) is 4.74 Å². The molecule has 1 fully saturated rings. The first-order chi connectivity index (χ1) is 20.3. The first-order valence-corrected chi connectivity index (χ1v) is 13.9. The Morgan fingerprint density at radius 1 is 1.10 bits per heavy atom. The summed E-state index contributed by atoms with van der Waals surface area (Å²) >= 11 is 1.52. The van der Waals surface area contributed by atoms with Gasteiger partial charge in [0, 0.05) is 43.7 Å². The number of ether oxygens (including phenoxy) is 2. The fraction of sp³-hybridized carbons (Fsp3) is 0.241. The van der Waals surface area contributed by atoms with Gasteiger partial charge in [-0.15, -0.1) is 0 Å². The van der Waals surface area contributed by atoms with Gasteiger partial charge in [0.25, 0.3) is 5.91 Å². The monoisotopic (exact) mass is 593 g/mol. The highest BCUT2D eigenvalue weighted by Crippen LogP contribution is 2.46. The Bertz CT molecular complexity index is 1630. The van der Waals surface area contributed by atoms with Crippen molar-refractivity contribution < 1.29 is 32.6 Å². The lowest BCUT2D eigenvalue weighted by molar-refractivity contribution is -0.160. The van der Waals surface area contributed by atoms with Gasteiger partial charge in [-0.1, -0.05) is 23.9 Å². The van der Waals surface area contributed by atoms with Gasteiger partial charge in [0.15, 0.2) is 0 Å². The van der Waals surface area contributed by atoms with Gasteiger partial charge in [0.2, 0.25) is 11.8 Å². The molecule has 4 aromatic rings. The average Bonchev–Trinajstić information content (AvgIpc) is 3.61. The molecule has 0 bridgehead atoms. The fourth-order valence-electron chi connectivity index (χ4n) is 5.02. The second kappa shape index (κ2) is 11.8. The van der Waals surface area contributed by atoms with E-state index in [1.54, 1.807) is 36.8 Å². The topological polar surface area (TPSA) is 114 Å². The minimum Gasteiger partial charge on any atom is -0.455 e. The van der Waals surface area contributed by atoms with Crippen LogP contribution in [0.5, 0.6) is 11.5 Å². The molecule has 2 N–H and O–H groups in total. The smallest absolute Gasteiger partial charge is 0.345 e. The molecule has 2 aromatic heterocycles. The Hall–Kier alpha value is -4.49. The Labute approximate surface area is 243 Å². The normalized spacial score (nSPS) is 17.5. The second-order valence-corrected chi connectivity index (χ2v) is 10.9. The molecule has 2 aliphatic heterocycles. The zero-order valence-corrected chi connectivity index (χ0v) is 22.9. The number of carbonyl (C=O) groups excluding carboxylic acids is 3. The summed E-state index contributed by atoms with van der Waals surface area (Å²) in [7, 11) is 0. The summed E-state index contributed by atoms with van der Waals surface area (Å²) in [6.07, 6.45) is 5.79. The molecule has 4 heterocycles. The Kier molecular flexibility index (Phi) is 7.76. The summed E-state index contributed by atoms with van der Waals surface area (Å²) in [6.45, 7) is -3.52. The maximum atomic E-state index is 13.1. The average molecular weight is 594 g/mol. The van der Waals surface area contributed by atoms with Gasteiger partial charge in [-0.2, -0.15) is 8.78 Å². The molecule has 0 spiro atoms. The number of nitrogens with zero attached hydrogens (tertiary/aromatic N) is 3. The number of hydrogen-bond donors (Lipinski definition) is 2. The molecule has 2 aromatic carbocycles. The summed E-state index contributed by atoms with van der Waals surface area (Å²) in [5.41, 5.74) is 1.93. The molecule has 3 amide bonds. The molecule has 10 nitrogen and oxygen atoms in total. The number of hydrogen-bond acceptors (Lipinski definition) is 7. The molecular weight excluding hydrogens is 568 g/mol. The third kappa shape index (κ3) is 5.92. The van der Waals surface area contributed by atoms with E-state index in [9.17, 15) is 23.2 Å². The van der Waals surface area contributed by atoms with E-state index >= 15 is 0 Å². The molecule has 0 aliphatic carbocycles. The van der Waals surface area contributed by atoms with Crippen LogP contribution in [0.25, 0.3) is 5.52 Å². The van der Waals surface area contributed by atoms with Crippen LogP contribution in [-0.4, -0.2) is 63.9 Å². The van der Waals surface area contributed by atoms with E-state index in [-0.39, 0.29) is 25.1 Å². The van der Waals surface area contributed by atoms with E-state index in [2.05, 4.69) is 20.4 Å². The largest absolute Gasteiger partial charge is 0.455 e. The van der Waals surface area contributed by atoms with Crippen molar-refractivity contribution in [1.82, 2.24) is 24.9 Å². The number of likely N-dealkylation sites (tertiary alicyclic amines) is 1. The summed E-state index contributed by atoms with van der Waals surface area (Å²) in [6, 6.07) is 13.4. The van der Waals surface area contributed by atoms with Crippen molar-refractivity contribution in [2.45, 2.75) is 41.5 Å². The van der Waals surface area contributed by atoms with Crippen LogP contribution in [0.3, 0.4) is 0 Å². The van der Waals surface area contributed by atoms with Crippen LogP contribution >= 0.6 is 11.8 Å². The minimum atomic E-state index is -3.05. The van der Waals surface area contributed by atoms with Crippen LogP contribution in [0, 0.1) is 0 Å². The van der Waals surface area contributed by atoms with Crippen molar-refractivity contribution in [3.05, 3.63) is 84.4 Å². The van der Waals surface area contributed by atoms with E-state index in [0.29, 0.717) is 11.5 Å². The summed E-state index contributed by atoms with van der Waals surface area (Å²) in [5, 5.41) is 5.34. The lowest BCUT2D eigenvalue weighted by Gasteiger charge is -2.24. The molecule has 13 heteroatoms. The number of rotatable bonds is 8. The van der Waals surface area contributed by atoms with Crippen LogP contribution in [0.2, 0.25) is 0 Å². The first-order valence-electron chi connectivity index (χ1n) is 13.1. The zero-order valence-electron chi connectivity index (χ0n) is 22.0. The van der Waals surface area contributed by atoms with E-state index in [1.807, 2.05) is 40.9 Å². The quantitative estimate of drug-likeness (QED) is 0.281. The molecule has 216 valence electrons. The lowest BCUT2D eigenvalue weighted by Crippen LogP contribution is -2.48. The number of carbonyl (C=O) groups is 3. The summed E-state index contributed by atoms with van der Waals surface area (Å²) in [4.78, 5) is 46.2. The van der Waals surface area contributed by atoms with Crippen molar-refractivity contribution in [2.24, 2.45) is 0 Å². The van der Waals surface area contributed by atoms with Gasteiger partial charge in [-0.3, -0.25) is 19.4 Å². The molecular formula is C29H25F2N5O5S. The van der Waals surface area contributed by atoms with Crippen LogP contribution in [0.15, 0.2) is 83.1 Å². The number of amides is 3. The van der Waals surface area contributed by atoms with Crippen LogP contribution < -0.4 is 15.4 Å². The van der Waals surface area contributed by atoms with E-state index in [1.165, 1.54) is 16.7 Å². The van der Waals surface area contributed by atoms with Crippen molar-refractivity contribution in [1.29, 1.82) is 0 Å². The Balaban J connectivity index is 1.09. The molecule has 42 heavy (non-hydrogen) atoms.